The van der Waals surface area contributed by atoms with E-state index in [-0.39, 0.29) is 36.6 Å². The molecule has 0 saturated heterocycles. The minimum absolute atomic E-state index is 0.0341. The van der Waals surface area contributed by atoms with Crippen LogP contribution in [0.25, 0.3) is 0 Å². The number of thiophene rings is 1. The Bertz CT molecular complexity index is 1050. The molecule has 3 rings (SSSR count). The van der Waals surface area contributed by atoms with Gasteiger partial charge in [0.25, 0.3) is 11.8 Å². The first-order valence-corrected chi connectivity index (χ1v) is 12.1. The Morgan fingerprint density at radius 1 is 1.34 bits per heavy atom. The first-order valence-electron chi connectivity index (χ1n) is 10.2. The minimum Gasteiger partial charge on any atom is -0.466 e. The normalized spacial score (nSPS) is 14.7. The SMILES string of the molecule is CCOC(=O)CCNC(=O)c1c(Nc2ccc(I)cc2F)sc2c1CC(C)(C)CNC2=O. The van der Waals surface area contributed by atoms with E-state index in [2.05, 4.69) is 16.0 Å². The topological polar surface area (TPSA) is 96.5 Å². The van der Waals surface area contributed by atoms with E-state index in [0.29, 0.717) is 34.0 Å². The maximum atomic E-state index is 14.5. The lowest BCUT2D eigenvalue weighted by Gasteiger charge is -2.22. The van der Waals surface area contributed by atoms with E-state index in [9.17, 15) is 18.8 Å². The molecule has 2 aromatic rings. The van der Waals surface area contributed by atoms with Crippen molar-refractivity contribution < 1.29 is 23.5 Å². The van der Waals surface area contributed by atoms with Crippen LogP contribution in [0.3, 0.4) is 0 Å². The summed E-state index contributed by atoms with van der Waals surface area (Å²) in [6.07, 6.45) is 0.529. The van der Waals surface area contributed by atoms with Gasteiger partial charge in [0.15, 0.2) is 0 Å². The van der Waals surface area contributed by atoms with Gasteiger partial charge in [-0.3, -0.25) is 14.4 Å². The molecule has 0 spiro atoms. The summed E-state index contributed by atoms with van der Waals surface area (Å²) >= 11 is 3.14. The molecule has 1 aromatic heterocycles. The van der Waals surface area contributed by atoms with Gasteiger partial charge in [-0.05, 0) is 65.1 Å². The lowest BCUT2D eigenvalue weighted by molar-refractivity contribution is -0.142. The molecule has 1 aliphatic heterocycles. The number of hydrogen-bond donors (Lipinski definition) is 3. The Morgan fingerprint density at radius 2 is 2.09 bits per heavy atom. The quantitative estimate of drug-likeness (QED) is 0.341. The number of amides is 2. The standard InChI is InChI=1S/C22H25FIN3O4S/c1-4-31-16(28)7-8-25-19(29)17-13-10-22(2,3)11-26-20(30)18(13)32-21(17)27-15-6-5-12(24)9-14(15)23/h5-6,9,27H,4,7-8,10-11H2,1-3H3,(H,25,29)(H,26,30). The number of halogens is 2. The van der Waals surface area contributed by atoms with Crippen molar-refractivity contribution in [2.24, 2.45) is 5.41 Å². The molecular weight excluding hydrogens is 548 g/mol. The number of benzene rings is 1. The van der Waals surface area contributed by atoms with Crippen LogP contribution in [0.2, 0.25) is 0 Å². The molecule has 2 amide bonds. The summed E-state index contributed by atoms with van der Waals surface area (Å²) in [5, 5.41) is 9.03. The number of nitrogens with one attached hydrogen (secondary N) is 3. The number of anilines is 2. The molecule has 0 atom stereocenters. The van der Waals surface area contributed by atoms with Crippen molar-refractivity contribution in [1.29, 1.82) is 0 Å². The second-order valence-electron chi connectivity index (χ2n) is 8.20. The molecule has 1 aliphatic rings. The monoisotopic (exact) mass is 573 g/mol. The number of carbonyl (C=O) groups is 3. The van der Waals surface area contributed by atoms with E-state index in [1.165, 1.54) is 6.07 Å². The van der Waals surface area contributed by atoms with E-state index in [4.69, 9.17) is 4.74 Å². The number of hydrogen-bond acceptors (Lipinski definition) is 6. The van der Waals surface area contributed by atoms with Gasteiger partial charge in [-0.1, -0.05) is 13.8 Å². The highest BCUT2D eigenvalue weighted by Gasteiger charge is 2.34. The molecule has 0 unspecified atom stereocenters. The maximum absolute atomic E-state index is 14.5. The number of fused-ring (bicyclic) bond motifs is 1. The first kappa shape index (κ1) is 24.4. The smallest absolute Gasteiger partial charge is 0.307 e. The second-order valence-corrected chi connectivity index (χ2v) is 10.5. The Kier molecular flexibility index (Phi) is 7.75. The minimum atomic E-state index is -0.459. The first-order chi connectivity index (χ1) is 15.1. The van der Waals surface area contributed by atoms with E-state index < -0.39 is 17.7 Å². The highest BCUT2D eigenvalue weighted by Crippen LogP contribution is 2.40. The van der Waals surface area contributed by atoms with Crippen molar-refractivity contribution in [3.63, 3.8) is 0 Å². The van der Waals surface area contributed by atoms with Crippen molar-refractivity contribution in [2.75, 3.05) is 25.0 Å². The van der Waals surface area contributed by atoms with Crippen molar-refractivity contribution in [3.05, 3.63) is 43.6 Å². The average molecular weight is 573 g/mol. The van der Waals surface area contributed by atoms with Gasteiger partial charge >= 0.3 is 5.97 Å². The second kappa shape index (κ2) is 10.2. The van der Waals surface area contributed by atoms with Crippen LogP contribution in [0.15, 0.2) is 18.2 Å². The van der Waals surface area contributed by atoms with Gasteiger partial charge in [0.05, 0.1) is 29.2 Å². The number of carbonyl (C=O) groups excluding carboxylic acids is 3. The molecule has 0 saturated carbocycles. The molecule has 0 fully saturated rings. The molecule has 3 N–H and O–H groups in total. The highest BCUT2D eigenvalue weighted by atomic mass is 127. The van der Waals surface area contributed by atoms with Gasteiger partial charge in [0.2, 0.25) is 0 Å². The lowest BCUT2D eigenvalue weighted by Crippen LogP contribution is -2.32. The molecule has 1 aromatic carbocycles. The van der Waals surface area contributed by atoms with Crippen molar-refractivity contribution in [3.8, 4) is 0 Å². The van der Waals surface area contributed by atoms with E-state index >= 15 is 0 Å². The zero-order valence-corrected chi connectivity index (χ0v) is 21.0. The van der Waals surface area contributed by atoms with Crippen LogP contribution in [0, 0.1) is 14.8 Å². The molecule has 2 heterocycles. The Balaban J connectivity index is 1.97. The predicted octanol–water partition coefficient (Wildman–Crippen LogP) is 4.23. The van der Waals surface area contributed by atoms with Crippen LogP contribution in [0.5, 0.6) is 0 Å². The third-order valence-corrected chi connectivity index (χ3v) is 6.74. The summed E-state index contributed by atoms with van der Waals surface area (Å²) in [6, 6.07) is 4.73. The van der Waals surface area contributed by atoms with E-state index in [1.807, 2.05) is 36.4 Å². The molecule has 172 valence electrons. The number of rotatable bonds is 7. The van der Waals surface area contributed by atoms with E-state index in [0.717, 1.165) is 14.9 Å². The number of ether oxygens (including phenoxy) is 1. The Hall–Kier alpha value is -2.21. The summed E-state index contributed by atoms with van der Waals surface area (Å²) in [5.41, 5.74) is 0.865. The van der Waals surface area contributed by atoms with Crippen LogP contribution in [0.1, 0.15) is 52.8 Å². The Morgan fingerprint density at radius 3 is 2.78 bits per heavy atom. The summed E-state index contributed by atoms with van der Waals surface area (Å²) in [5.74, 6) is -1.55. The van der Waals surface area contributed by atoms with Gasteiger partial charge < -0.3 is 20.7 Å². The Labute approximate surface area is 203 Å². The van der Waals surface area contributed by atoms with Gasteiger partial charge in [-0.25, -0.2) is 4.39 Å². The zero-order chi connectivity index (χ0) is 23.5. The summed E-state index contributed by atoms with van der Waals surface area (Å²) in [7, 11) is 0. The van der Waals surface area contributed by atoms with Gasteiger partial charge in [-0.15, -0.1) is 11.3 Å². The average Bonchev–Trinajstić information content (AvgIpc) is 3.00. The highest BCUT2D eigenvalue weighted by molar-refractivity contribution is 14.1. The molecular formula is C22H25FIN3O4S. The van der Waals surface area contributed by atoms with Crippen LogP contribution < -0.4 is 16.0 Å². The van der Waals surface area contributed by atoms with Crippen LogP contribution >= 0.6 is 33.9 Å². The molecule has 0 bridgehead atoms. The lowest BCUT2D eigenvalue weighted by atomic mass is 9.85. The number of esters is 1. The van der Waals surface area contributed by atoms with Crippen LogP contribution in [-0.2, 0) is 16.0 Å². The van der Waals surface area contributed by atoms with Crippen LogP contribution in [0.4, 0.5) is 15.1 Å². The molecule has 7 nitrogen and oxygen atoms in total. The van der Waals surface area contributed by atoms with Gasteiger partial charge in [0.1, 0.15) is 10.8 Å². The predicted molar refractivity (Wildman–Crippen MR) is 130 cm³/mol. The van der Waals surface area contributed by atoms with Crippen molar-refractivity contribution >= 4 is 62.4 Å². The fourth-order valence-corrected chi connectivity index (χ4v) is 5.00. The van der Waals surface area contributed by atoms with E-state index in [1.54, 1.807) is 19.1 Å². The van der Waals surface area contributed by atoms with Gasteiger partial charge in [0, 0.05) is 16.7 Å². The summed E-state index contributed by atoms with van der Waals surface area (Å²) in [4.78, 5) is 37.9. The van der Waals surface area contributed by atoms with Gasteiger partial charge in [-0.2, -0.15) is 0 Å². The maximum Gasteiger partial charge on any atom is 0.307 e. The largest absolute Gasteiger partial charge is 0.466 e. The summed E-state index contributed by atoms with van der Waals surface area (Å²) < 4.78 is 20.1. The third-order valence-electron chi connectivity index (χ3n) is 4.92. The molecule has 0 aliphatic carbocycles. The molecule has 0 radical (unpaired) electrons. The fourth-order valence-electron chi connectivity index (χ4n) is 3.40. The molecule has 10 heteroatoms. The third kappa shape index (κ3) is 5.77. The van der Waals surface area contributed by atoms with Crippen molar-refractivity contribution in [1.82, 2.24) is 10.6 Å². The fraction of sp³-hybridized carbons (Fsp3) is 0.409. The van der Waals surface area contributed by atoms with Crippen molar-refractivity contribution in [2.45, 2.75) is 33.6 Å². The zero-order valence-electron chi connectivity index (χ0n) is 18.1. The van der Waals surface area contributed by atoms with Crippen LogP contribution in [-0.4, -0.2) is 37.5 Å². The molecule has 32 heavy (non-hydrogen) atoms. The summed E-state index contributed by atoms with van der Waals surface area (Å²) in [6.45, 7) is 6.57.